The van der Waals surface area contributed by atoms with E-state index in [0.29, 0.717) is 0 Å². The van der Waals surface area contributed by atoms with Gasteiger partial charge in [-0.3, -0.25) is 15.0 Å². The number of ketones is 1. The average Bonchev–Trinajstić information content (AvgIpc) is 2.54. The Balaban J connectivity index is 2.99. The zero-order valence-electron chi connectivity index (χ0n) is 12.3. The lowest BCUT2D eigenvalue weighted by atomic mass is 10.2. The molecule has 0 spiro atoms. The van der Waals surface area contributed by atoms with Crippen molar-refractivity contribution in [3.8, 4) is 6.07 Å². The summed E-state index contributed by atoms with van der Waals surface area (Å²) in [4.78, 5) is 34.4. The Morgan fingerprint density at radius 2 is 2.00 bits per heavy atom. The van der Waals surface area contributed by atoms with Crippen LogP contribution in [0.2, 0.25) is 0 Å². The first-order valence-electron chi connectivity index (χ1n) is 6.14. The van der Waals surface area contributed by atoms with Gasteiger partial charge < -0.3 is 9.47 Å². The number of benzene rings is 1. The molecule has 0 aliphatic rings. The third-order valence-corrected chi connectivity index (χ3v) is 2.56. The van der Waals surface area contributed by atoms with Gasteiger partial charge in [0.25, 0.3) is 0 Å². The fourth-order valence-corrected chi connectivity index (χ4v) is 1.40. The maximum atomic E-state index is 13.4. The Bertz CT molecular complexity index is 709. The van der Waals surface area contributed by atoms with Crippen molar-refractivity contribution in [2.45, 2.75) is 6.42 Å². The zero-order valence-corrected chi connectivity index (χ0v) is 12.3. The maximum absolute atomic E-state index is 13.4. The molecule has 1 aromatic carbocycles. The zero-order chi connectivity index (χ0) is 17.4. The Morgan fingerprint density at radius 1 is 1.30 bits per heavy atom. The summed E-state index contributed by atoms with van der Waals surface area (Å²) in [6.07, 6.45) is -0.701. The normalized spacial score (nSPS) is 10.4. The van der Waals surface area contributed by atoms with Crippen molar-refractivity contribution in [3.05, 3.63) is 29.6 Å². The summed E-state index contributed by atoms with van der Waals surface area (Å²) in [5.41, 5.74) is 1.53. The number of nitrogens with one attached hydrogen (secondary N) is 1. The molecule has 1 aromatic rings. The quantitative estimate of drug-likeness (QED) is 0.356. The lowest BCUT2D eigenvalue weighted by Crippen LogP contribution is -2.28. The van der Waals surface area contributed by atoms with Gasteiger partial charge in [-0.2, -0.15) is 10.4 Å². The van der Waals surface area contributed by atoms with Gasteiger partial charge in [-0.1, -0.05) is 0 Å². The van der Waals surface area contributed by atoms with E-state index in [4.69, 9.17) is 5.26 Å². The molecule has 0 saturated carbocycles. The molecule has 1 N–H and O–H groups in total. The summed E-state index contributed by atoms with van der Waals surface area (Å²) in [7, 11) is 2.12. The predicted octanol–water partition coefficient (Wildman–Crippen LogP) is 0.770. The Hall–Kier alpha value is -3.28. The number of ether oxygens (including phenoxy) is 2. The van der Waals surface area contributed by atoms with E-state index in [1.807, 2.05) is 0 Å². The first-order valence-corrected chi connectivity index (χ1v) is 6.14. The van der Waals surface area contributed by atoms with Crippen LogP contribution in [-0.4, -0.2) is 37.7 Å². The number of hydrazone groups is 1. The highest BCUT2D eigenvalue weighted by molar-refractivity contribution is 6.65. The van der Waals surface area contributed by atoms with Crippen molar-refractivity contribution >= 4 is 29.1 Å². The van der Waals surface area contributed by atoms with Crippen molar-refractivity contribution in [1.29, 1.82) is 5.26 Å². The minimum Gasteiger partial charge on any atom is -0.469 e. The number of esters is 2. The standard InChI is InChI=1S/C14H12FN3O5/c1-22-12(20)6-11(19)13(14(21)23-2)18-17-9-4-3-8(7-16)10(15)5-9/h3-5,17H,6H2,1-2H3. The van der Waals surface area contributed by atoms with E-state index < -0.39 is 35.7 Å². The molecule has 0 heterocycles. The van der Waals surface area contributed by atoms with Crippen molar-refractivity contribution in [2.24, 2.45) is 5.10 Å². The van der Waals surface area contributed by atoms with Crippen LogP contribution in [-0.2, 0) is 23.9 Å². The molecular formula is C14H12FN3O5. The summed E-state index contributed by atoms with van der Waals surface area (Å²) in [5.74, 6) is -3.64. The molecule has 0 radical (unpaired) electrons. The van der Waals surface area contributed by atoms with E-state index in [1.165, 1.54) is 12.1 Å². The van der Waals surface area contributed by atoms with Crippen LogP contribution in [0.5, 0.6) is 0 Å². The second kappa shape index (κ2) is 8.23. The van der Waals surface area contributed by atoms with E-state index in [-0.39, 0.29) is 11.3 Å². The number of nitrogens with zero attached hydrogens (tertiary/aromatic N) is 2. The third kappa shape index (κ3) is 4.89. The van der Waals surface area contributed by atoms with E-state index in [9.17, 15) is 18.8 Å². The Morgan fingerprint density at radius 3 is 2.52 bits per heavy atom. The van der Waals surface area contributed by atoms with E-state index in [0.717, 1.165) is 20.3 Å². The number of hydrogen-bond donors (Lipinski definition) is 1. The number of carbonyl (C=O) groups excluding carboxylic acids is 3. The summed E-state index contributed by atoms with van der Waals surface area (Å²) in [5, 5.41) is 12.2. The van der Waals surface area contributed by atoms with Crippen LogP contribution in [0.4, 0.5) is 10.1 Å². The largest absolute Gasteiger partial charge is 0.469 e. The number of methoxy groups -OCH3 is 2. The molecule has 0 aromatic heterocycles. The van der Waals surface area contributed by atoms with E-state index >= 15 is 0 Å². The van der Waals surface area contributed by atoms with Gasteiger partial charge in [0.05, 0.1) is 25.5 Å². The van der Waals surface area contributed by atoms with E-state index in [2.05, 4.69) is 20.0 Å². The SMILES string of the molecule is COC(=O)CC(=O)C(=NNc1ccc(C#N)c(F)c1)C(=O)OC. The highest BCUT2D eigenvalue weighted by Crippen LogP contribution is 2.13. The summed E-state index contributed by atoms with van der Waals surface area (Å²) in [6, 6.07) is 5.12. The van der Waals surface area contributed by atoms with Crippen LogP contribution < -0.4 is 5.43 Å². The van der Waals surface area contributed by atoms with Crippen molar-refractivity contribution in [1.82, 2.24) is 0 Å². The number of hydrogen-bond acceptors (Lipinski definition) is 8. The fourth-order valence-electron chi connectivity index (χ4n) is 1.40. The molecule has 120 valence electrons. The van der Waals surface area contributed by atoms with Crippen molar-refractivity contribution in [2.75, 3.05) is 19.6 Å². The molecular weight excluding hydrogens is 309 g/mol. The monoisotopic (exact) mass is 321 g/mol. The number of nitriles is 1. The van der Waals surface area contributed by atoms with Crippen LogP contribution in [0, 0.1) is 17.1 Å². The third-order valence-electron chi connectivity index (χ3n) is 2.56. The second-order valence-corrected chi connectivity index (χ2v) is 4.05. The summed E-state index contributed by atoms with van der Waals surface area (Å²) < 4.78 is 22.2. The minimum absolute atomic E-state index is 0.0915. The molecule has 8 nitrogen and oxygen atoms in total. The van der Waals surface area contributed by atoms with Gasteiger partial charge in [0.15, 0.2) is 0 Å². The number of rotatable bonds is 6. The highest BCUT2D eigenvalue weighted by atomic mass is 19.1. The Kier molecular flexibility index (Phi) is 6.36. The first-order chi connectivity index (χ1) is 10.9. The van der Waals surface area contributed by atoms with Gasteiger partial charge in [-0.05, 0) is 12.1 Å². The molecule has 0 unspecified atom stereocenters. The van der Waals surface area contributed by atoms with E-state index in [1.54, 1.807) is 6.07 Å². The minimum atomic E-state index is -1.07. The average molecular weight is 321 g/mol. The highest BCUT2D eigenvalue weighted by Gasteiger charge is 2.24. The predicted molar refractivity (Wildman–Crippen MR) is 75.8 cm³/mol. The van der Waals surface area contributed by atoms with Crippen LogP contribution >= 0.6 is 0 Å². The lowest BCUT2D eigenvalue weighted by molar-refractivity contribution is -0.142. The first kappa shape index (κ1) is 17.8. The topological polar surface area (TPSA) is 118 Å². The van der Waals surface area contributed by atoms with Crippen LogP contribution in [0.25, 0.3) is 0 Å². The van der Waals surface area contributed by atoms with Gasteiger partial charge in [-0.25, -0.2) is 9.18 Å². The molecule has 0 aliphatic heterocycles. The molecule has 0 amide bonds. The molecule has 23 heavy (non-hydrogen) atoms. The smallest absolute Gasteiger partial charge is 0.362 e. The number of Topliss-reactive ketones (excluding diaryl/α,β-unsaturated/α-hetero) is 1. The maximum Gasteiger partial charge on any atom is 0.362 e. The van der Waals surface area contributed by atoms with Crippen LogP contribution in [0.15, 0.2) is 23.3 Å². The number of anilines is 1. The molecule has 0 atom stereocenters. The van der Waals surface area contributed by atoms with Gasteiger partial charge in [-0.15, -0.1) is 0 Å². The summed E-state index contributed by atoms with van der Waals surface area (Å²) in [6.45, 7) is 0. The number of halogens is 1. The van der Waals surface area contributed by atoms with Gasteiger partial charge in [0.1, 0.15) is 18.3 Å². The molecule has 0 bridgehead atoms. The van der Waals surface area contributed by atoms with Crippen molar-refractivity contribution in [3.63, 3.8) is 0 Å². The second-order valence-electron chi connectivity index (χ2n) is 4.05. The van der Waals surface area contributed by atoms with Gasteiger partial charge >= 0.3 is 11.9 Å². The van der Waals surface area contributed by atoms with Crippen LogP contribution in [0.1, 0.15) is 12.0 Å². The van der Waals surface area contributed by atoms with Crippen molar-refractivity contribution < 1.29 is 28.2 Å². The molecule has 9 heteroatoms. The Labute approximate surface area is 130 Å². The van der Waals surface area contributed by atoms with Crippen LogP contribution in [0.3, 0.4) is 0 Å². The van der Waals surface area contributed by atoms with Gasteiger partial charge in [0.2, 0.25) is 11.5 Å². The van der Waals surface area contributed by atoms with Gasteiger partial charge in [0, 0.05) is 6.07 Å². The molecule has 1 rings (SSSR count). The molecule has 0 fully saturated rings. The lowest BCUT2D eigenvalue weighted by Gasteiger charge is -2.05. The molecule has 0 aliphatic carbocycles. The fraction of sp³-hybridized carbons (Fsp3) is 0.214. The number of carbonyl (C=O) groups is 3. The molecule has 0 saturated heterocycles. The summed E-state index contributed by atoms with van der Waals surface area (Å²) >= 11 is 0.